The lowest BCUT2D eigenvalue weighted by atomic mass is 10.1. The minimum atomic E-state index is -3.16. The normalized spacial score (nSPS) is 11.3. The quantitative estimate of drug-likeness (QED) is 0.907. The molecule has 6 nitrogen and oxygen atoms in total. The topological polar surface area (TPSA) is 85.4 Å². The molecular formula is C14H16N2O4S. The number of hydrogen-bond donors (Lipinski definition) is 1. The van der Waals surface area contributed by atoms with Gasteiger partial charge in [-0.3, -0.25) is 4.79 Å². The predicted octanol–water partition coefficient (Wildman–Crippen LogP) is 1.62. The minimum Gasteiger partial charge on any atom is -0.481 e. The van der Waals surface area contributed by atoms with Crippen molar-refractivity contribution in [2.45, 2.75) is 6.42 Å². The summed E-state index contributed by atoms with van der Waals surface area (Å²) < 4.78 is 27.3. The summed E-state index contributed by atoms with van der Waals surface area (Å²) in [5.74, 6) is -0.0440. The molecule has 2 aromatic rings. The Morgan fingerprint density at radius 3 is 2.71 bits per heavy atom. The molecule has 112 valence electrons. The van der Waals surface area contributed by atoms with Crippen LogP contribution >= 0.6 is 0 Å². The molecule has 1 heterocycles. The first-order chi connectivity index (χ1) is 9.90. The van der Waals surface area contributed by atoms with Gasteiger partial charge in [0.25, 0.3) is 0 Å². The first-order valence-electron chi connectivity index (χ1n) is 6.30. The fraction of sp³-hybridized carbons (Fsp3) is 0.286. The molecule has 0 aliphatic heterocycles. The molecule has 0 spiro atoms. The number of sulfone groups is 1. The molecule has 2 rings (SSSR count). The standard InChI is InChI=1S/C14H16N2O4S/c1-20-14-11-4-3-5-12(10(11)6-8-15-14)16-13(17)7-9-21(2,18)19/h3-6,8H,7,9H2,1-2H3,(H,16,17). The zero-order valence-electron chi connectivity index (χ0n) is 11.8. The maximum absolute atomic E-state index is 11.8. The lowest BCUT2D eigenvalue weighted by Crippen LogP contribution is -2.16. The maximum atomic E-state index is 11.8. The van der Waals surface area contributed by atoms with E-state index in [4.69, 9.17) is 4.74 Å². The van der Waals surface area contributed by atoms with E-state index in [0.29, 0.717) is 11.6 Å². The SMILES string of the molecule is COc1nccc2c(NC(=O)CCS(C)(=O)=O)cccc12. The number of anilines is 1. The Labute approximate surface area is 123 Å². The Morgan fingerprint density at radius 1 is 1.29 bits per heavy atom. The van der Waals surface area contributed by atoms with E-state index in [9.17, 15) is 13.2 Å². The van der Waals surface area contributed by atoms with Crippen LogP contribution in [0.4, 0.5) is 5.69 Å². The molecule has 0 atom stereocenters. The first-order valence-corrected chi connectivity index (χ1v) is 8.36. The van der Waals surface area contributed by atoms with Crippen LogP contribution in [0.3, 0.4) is 0 Å². The van der Waals surface area contributed by atoms with Crippen molar-refractivity contribution < 1.29 is 17.9 Å². The minimum absolute atomic E-state index is 0.0720. The van der Waals surface area contributed by atoms with Crippen molar-refractivity contribution in [3.63, 3.8) is 0 Å². The lowest BCUT2D eigenvalue weighted by molar-refractivity contribution is -0.115. The van der Waals surface area contributed by atoms with Crippen LogP contribution in [0, 0.1) is 0 Å². The number of methoxy groups -OCH3 is 1. The molecule has 0 saturated carbocycles. The number of ether oxygens (including phenoxy) is 1. The van der Waals surface area contributed by atoms with Crippen LogP contribution in [0.25, 0.3) is 10.8 Å². The number of nitrogens with one attached hydrogen (secondary N) is 1. The van der Waals surface area contributed by atoms with Gasteiger partial charge in [-0.2, -0.15) is 0 Å². The van der Waals surface area contributed by atoms with Crippen LogP contribution in [0.2, 0.25) is 0 Å². The summed E-state index contributed by atoms with van der Waals surface area (Å²) in [6, 6.07) is 7.14. The predicted molar refractivity (Wildman–Crippen MR) is 81.3 cm³/mol. The third-order valence-electron chi connectivity index (χ3n) is 2.94. The van der Waals surface area contributed by atoms with Crippen molar-refractivity contribution in [2.24, 2.45) is 0 Å². The summed E-state index contributed by atoms with van der Waals surface area (Å²) in [5, 5.41) is 4.29. The smallest absolute Gasteiger partial charge is 0.225 e. The molecule has 0 bridgehead atoms. The highest BCUT2D eigenvalue weighted by atomic mass is 32.2. The fourth-order valence-corrected chi connectivity index (χ4v) is 2.50. The van der Waals surface area contributed by atoms with Gasteiger partial charge in [-0.1, -0.05) is 6.07 Å². The number of nitrogens with zero attached hydrogens (tertiary/aromatic N) is 1. The van der Waals surface area contributed by atoms with Crippen LogP contribution in [0.15, 0.2) is 30.5 Å². The Kier molecular flexibility index (Phi) is 4.42. The summed E-state index contributed by atoms with van der Waals surface area (Å²) in [6.07, 6.45) is 2.62. The molecule has 1 N–H and O–H groups in total. The largest absolute Gasteiger partial charge is 0.481 e. The zero-order valence-corrected chi connectivity index (χ0v) is 12.6. The van der Waals surface area contributed by atoms with E-state index < -0.39 is 9.84 Å². The molecule has 1 amide bonds. The molecule has 21 heavy (non-hydrogen) atoms. The average Bonchev–Trinajstić information content (AvgIpc) is 2.44. The molecule has 1 aromatic heterocycles. The van der Waals surface area contributed by atoms with Crippen molar-refractivity contribution in [3.05, 3.63) is 30.5 Å². The second kappa shape index (κ2) is 6.09. The zero-order chi connectivity index (χ0) is 15.5. The Bertz CT molecular complexity index is 772. The number of fused-ring (bicyclic) bond motifs is 1. The van der Waals surface area contributed by atoms with Crippen LogP contribution in [-0.2, 0) is 14.6 Å². The number of carbonyl (C=O) groups excluding carboxylic acids is 1. The molecule has 7 heteroatoms. The Balaban J connectivity index is 2.25. The second-order valence-electron chi connectivity index (χ2n) is 4.65. The van der Waals surface area contributed by atoms with Gasteiger partial charge in [0.15, 0.2) is 0 Å². The lowest BCUT2D eigenvalue weighted by Gasteiger charge is -2.10. The van der Waals surface area contributed by atoms with Gasteiger partial charge in [-0.15, -0.1) is 0 Å². The highest BCUT2D eigenvalue weighted by Gasteiger charge is 2.11. The maximum Gasteiger partial charge on any atom is 0.225 e. The number of aromatic nitrogens is 1. The number of amides is 1. The van der Waals surface area contributed by atoms with Crippen molar-refractivity contribution in [3.8, 4) is 5.88 Å². The number of hydrogen-bond acceptors (Lipinski definition) is 5. The van der Waals surface area contributed by atoms with Gasteiger partial charge >= 0.3 is 0 Å². The second-order valence-corrected chi connectivity index (χ2v) is 6.91. The van der Waals surface area contributed by atoms with Crippen molar-refractivity contribution in [1.82, 2.24) is 4.98 Å². The van der Waals surface area contributed by atoms with Crippen LogP contribution in [0.5, 0.6) is 5.88 Å². The first kappa shape index (κ1) is 15.2. The van der Waals surface area contributed by atoms with E-state index in [-0.39, 0.29) is 18.1 Å². The molecule has 0 fully saturated rings. The molecule has 1 aromatic carbocycles. The highest BCUT2D eigenvalue weighted by Crippen LogP contribution is 2.28. The summed E-state index contributed by atoms with van der Waals surface area (Å²) in [5.41, 5.74) is 0.603. The molecular weight excluding hydrogens is 292 g/mol. The van der Waals surface area contributed by atoms with Crippen LogP contribution in [0.1, 0.15) is 6.42 Å². The molecule has 0 aliphatic rings. The molecule has 0 saturated heterocycles. The molecule has 0 aliphatic carbocycles. The van der Waals surface area contributed by atoms with Gasteiger partial charge in [0.2, 0.25) is 11.8 Å². The summed E-state index contributed by atoms with van der Waals surface area (Å²) in [6.45, 7) is 0. The van der Waals surface area contributed by atoms with E-state index >= 15 is 0 Å². The number of carbonyl (C=O) groups is 1. The van der Waals surface area contributed by atoms with E-state index in [2.05, 4.69) is 10.3 Å². The summed E-state index contributed by atoms with van der Waals surface area (Å²) >= 11 is 0. The van der Waals surface area contributed by atoms with E-state index in [1.807, 2.05) is 6.07 Å². The summed E-state index contributed by atoms with van der Waals surface area (Å²) in [4.78, 5) is 15.9. The van der Waals surface area contributed by atoms with Gasteiger partial charge in [-0.05, 0) is 18.2 Å². The van der Waals surface area contributed by atoms with Gasteiger partial charge in [-0.25, -0.2) is 13.4 Å². The van der Waals surface area contributed by atoms with E-state index in [0.717, 1.165) is 17.0 Å². The Morgan fingerprint density at radius 2 is 2.05 bits per heavy atom. The number of pyridine rings is 1. The highest BCUT2D eigenvalue weighted by molar-refractivity contribution is 7.90. The monoisotopic (exact) mass is 308 g/mol. The third-order valence-corrected chi connectivity index (χ3v) is 3.88. The van der Waals surface area contributed by atoms with Gasteiger partial charge < -0.3 is 10.1 Å². The molecule has 0 radical (unpaired) electrons. The van der Waals surface area contributed by atoms with Crippen molar-refractivity contribution in [2.75, 3.05) is 24.4 Å². The molecule has 0 unspecified atom stereocenters. The van der Waals surface area contributed by atoms with E-state index in [1.165, 1.54) is 7.11 Å². The van der Waals surface area contributed by atoms with Crippen LogP contribution < -0.4 is 10.1 Å². The van der Waals surface area contributed by atoms with E-state index in [1.54, 1.807) is 24.4 Å². The average molecular weight is 308 g/mol. The van der Waals surface area contributed by atoms with Gasteiger partial charge in [0.05, 0.1) is 12.9 Å². The van der Waals surface area contributed by atoms with Crippen LogP contribution in [-0.4, -0.2) is 38.4 Å². The number of rotatable bonds is 5. The third kappa shape index (κ3) is 3.91. The fourth-order valence-electron chi connectivity index (χ4n) is 1.94. The summed E-state index contributed by atoms with van der Waals surface area (Å²) in [7, 11) is -1.63. The van der Waals surface area contributed by atoms with Crippen molar-refractivity contribution >= 4 is 32.2 Å². The van der Waals surface area contributed by atoms with Gasteiger partial charge in [0, 0.05) is 35.3 Å². The Hall–Kier alpha value is -2.15. The van der Waals surface area contributed by atoms with Gasteiger partial charge in [0.1, 0.15) is 9.84 Å². The number of benzene rings is 1. The van der Waals surface area contributed by atoms with Crippen molar-refractivity contribution in [1.29, 1.82) is 0 Å².